The highest BCUT2D eigenvalue weighted by atomic mass is 15.3. The highest BCUT2D eigenvalue weighted by molar-refractivity contribution is 5.67. The highest BCUT2D eigenvalue weighted by Gasteiger charge is 2.28. The van der Waals surface area contributed by atoms with Gasteiger partial charge in [-0.05, 0) is 72.8 Å². The Morgan fingerprint density at radius 3 is 2.04 bits per heavy atom. The first kappa shape index (κ1) is 16.4. The van der Waals surface area contributed by atoms with Gasteiger partial charge in [0.1, 0.15) is 0 Å². The van der Waals surface area contributed by atoms with Gasteiger partial charge in [-0.25, -0.2) is 0 Å². The van der Waals surface area contributed by atoms with Gasteiger partial charge in [0.25, 0.3) is 0 Å². The summed E-state index contributed by atoms with van der Waals surface area (Å²) in [5.41, 5.74) is 9.91. The third kappa shape index (κ3) is 3.05. The molecule has 0 spiro atoms. The molecule has 0 atom stereocenters. The van der Waals surface area contributed by atoms with Crippen molar-refractivity contribution < 1.29 is 0 Å². The topological polar surface area (TPSA) is 6.48 Å². The van der Waals surface area contributed by atoms with Crippen molar-refractivity contribution >= 4 is 5.69 Å². The first-order valence-corrected chi connectivity index (χ1v) is 10.6. The van der Waals surface area contributed by atoms with E-state index in [0.717, 1.165) is 0 Å². The number of benzene rings is 2. The van der Waals surface area contributed by atoms with Crippen LogP contribution in [-0.2, 0) is 32.1 Å². The van der Waals surface area contributed by atoms with Gasteiger partial charge >= 0.3 is 0 Å². The van der Waals surface area contributed by atoms with Gasteiger partial charge in [-0.1, -0.05) is 36.4 Å². The summed E-state index contributed by atoms with van der Waals surface area (Å²) in [6.07, 6.45) is 9.15. The number of piperazine rings is 1. The van der Waals surface area contributed by atoms with Gasteiger partial charge in [-0.3, -0.25) is 4.90 Å². The molecule has 2 aromatic rings. The van der Waals surface area contributed by atoms with Gasteiger partial charge in [0.05, 0.1) is 0 Å². The minimum Gasteiger partial charge on any atom is -0.369 e. The minimum absolute atomic E-state index is 1.18. The number of hydrogen-bond acceptors (Lipinski definition) is 2. The summed E-state index contributed by atoms with van der Waals surface area (Å²) < 4.78 is 0. The molecule has 0 aromatic heterocycles. The van der Waals surface area contributed by atoms with Crippen LogP contribution in [0.15, 0.2) is 36.4 Å². The Labute approximate surface area is 157 Å². The van der Waals surface area contributed by atoms with Gasteiger partial charge in [-0.15, -0.1) is 0 Å². The van der Waals surface area contributed by atoms with E-state index in [1.807, 2.05) is 0 Å². The van der Waals surface area contributed by atoms with Crippen LogP contribution in [0.25, 0.3) is 0 Å². The second-order valence-electron chi connectivity index (χ2n) is 8.27. The lowest BCUT2D eigenvalue weighted by Gasteiger charge is -2.38. The molecule has 1 fully saturated rings. The van der Waals surface area contributed by atoms with Crippen LogP contribution in [0, 0.1) is 0 Å². The zero-order chi connectivity index (χ0) is 17.3. The normalized spacial score (nSPS) is 19.6. The second kappa shape index (κ2) is 7.08. The fraction of sp³-hybridized carbons (Fsp3) is 0.500. The summed E-state index contributed by atoms with van der Waals surface area (Å²) in [6, 6.07) is 13.5. The monoisotopic (exact) mass is 346 g/mol. The highest BCUT2D eigenvalue weighted by Crippen LogP contribution is 2.40. The zero-order valence-electron chi connectivity index (χ0n) is 15.8. The maximum atomic E-state index is 2.74. The molecule has 1 aliphatic heterocycles. The predicted molar refractivity (Wildman–Crippen MR) is 109 cm³/mol. The molecule has 2 aliphatic carbocycles. The fourth-order valence-corrected chi connectivity index (χ4v) is 5.29. The van der Waals surface area contributed by atoms with Crippen LogP contribution in [0.2, 0.25) is 0 Å². The second-order valence-corrected chi connectivity index (χ2v) is 8.27. The summed E-state index contributed by atoms with van der Waals surface area (Å²) >= 11 is 0. The Morgan fingerprint density at radius 2 is 1.38 bits per heavy atom. The molecule has 0 N–H and O–H groups in total. The lowest BCUT2D eigenvalue weighted by molar-refractivity contribution is 0.261. The van der Waals surface area contributed by atoms with E-state index >= 15 is 0 Å². The van der Waals surface area contributed by atoms with Crippen molar-refractivity contribution in [2.24, 2.45) is 0 Å². The molecule has 0 saturated carbocycles. The Bertz CT molecular complexity index is 740. The van der Waals surface area contributed by atoms with Gasteiger partial charge in [-0.2, -0.15) is 0 Å². The molecule has 136 valence electrons. The summed E-state index contributed by atoms with van der Waals surface area (Å²) in [5.74, 6) is 0. The first-order chi connectivity index (χ1) is 12.9. The molecule has 1 saturated heterocycles. The number of anilines is 1. The van der Waals surface area contributed by atoms with E-state index in [9.17, 15) is 0 Å². The number of fused-ring (bicyclic) bond motifs is 2. The van der Waals surface area contributed by atoms with Crippen molar-refractivity contribution in [2.75, 3.05) is 37.6 Å². The average Bonchev–Trinajstić information content (AvgIpc) is 3.34. The molecule has 2 aromatic carbocycles. The Hall–Kier alpha value is -1.80. The summed E-state index contributed by atoms with van der Waals surface area (Å²) in [7, 11) is 0. The van der Waals surface area contributed by atoms with Crippen molar-refractivity contribution in [2.45, 2.75) is 44.9 Å². The molecule has 26 heavy (non-hydrogen) atoms. The summed E-state index contributed by atoms with van der Waals surface area (Å²) in [6.45, 7) is 6.04. The number of nitrogens with zero attached hydrogens (tertiary/aromatic N) is 2. The average molecular weight is 347 g/mol. The lowest BCUT2D eigenvalue weighted by atomic mass is 9.97. The summed E-state index contributed by atoms with van der Waals surface area (Å²) in [4.78, 5) is 5.40. The van der Waals surface area contributed by atoms with E-state index in [1.54, 1.807) is 27.9 Å². The van der Waals surface area contributed by atoms with Crippen LogP contribution in [0.1, 0.15) is 40.7 Å². The molecule has 2 nitrogen and oxygen atoms in total. The van der Waals surface area contributed by atoms with Crippen molar-refractivity contribution in [3.63, 3.8) is 0 Å². The zero-order valence-corrected chi connectivity index (χ0v) is 15.8. The van der Waals surface area contributed by atoms with Gasteiger partial charge in [0.2, 0.25) is 0 Å². The third-order valence-electron chi connectivity index (χ3n) is 6.69. The van der Waals surface area contributed by atoms with Crippen LogP contribution in [0.4, 0.5) is 5.69 Å². The van der Waals surface area contributed by atoms with Gasteiger partial charge in [0, 0.05) is 38.4 Å². The first-order valence-electron chi connectivity index (χ1n) is 10.6. The lowest BCUT2D eigenvalue weighted by Crippen LogP contribution is -2.47. The smallest absolute Gasteiger partial charge is 0.0437 e. The van der Waals surface area contributed by atoms with Crippen molar-refractivity contribution in [3.05, 3.63) is 64.2 Å². The molecule has 3 aliphatic rings. The molecular weight excluding hydrogens is 316 g/mol. The fourth-order valence-electron chi connectivity index (χ4n) is 5.29. The molecule has 0 bridgehead atoms. The Morgan fingerprint density at radius 1 is 0.731 bits per heavy atom. The molecular formula is C24H30N2. The third-order valence-corrected chi connectivity index (χ3v) is 6.69. The molecule has 1 heterocycles. The van der Waals surface area contributed by atoms with E-state index in [1.165, 1.54) is 83.2 Å². The number of hydrogen-bond donors (Lipinski definition) is 0. The van der Waals surface area contributed by atoms with E-state index < -0.39 is 0 Å². The molecule has 5 rings (SSSR count). The van der Waals surface area contributed by atoms with Crippen LogP contribution in [0.5, 0.6) is 0 Å². The maximum Gasteiger partial charge on any atom is 0.0437 e. The maximum absolute atomic E-state index is 2.74. The van der Waals surface area contributed by atoms with Crippen LogP contribution in [-0.4, -0.2) is 37.6 Å². The van der Waals surface area contributed by atoms with Crippen molar-refractivity contribution in [1.82, 2.24) is 4.90 Å². The number of rotatable bonds is 4. The van der Waals surface area contributed by atoms with E-state index in [0.29, 0.717) is 0 Å². The minimum atomic E-state index is 1.18. The van der Waals surface area contributed by atoms with E-state index in [2.05, 4.69) is 46.2 Å². The summed E-state index contributed by atoms with van der Waals surface area (Å²) in [5, 5.41) is 0. The van der Waals surface area contributed by atoms with Crippen LogP contribution in [0.3, 0.4) is 0 Å². The van der Waals surface area contributed by atoms with Crippen molar-refractivity contribution in [1.29, 1.82) is 0 Å². The van der Waals surface area contributed by atoms with Gasteiger partial charge in [0.15, 0.2) is 0 Å². The standard InChI is InChI=1S/C24H30N2/c1-2-6-19(7-3-1)12-13-25-14-16-26(17-15-25)24-22-10-4-8-20(22)18-21-9-5-11-23(21)24/h1-3,6-7,18H,4-5,8-17H2. The Kier molecular flexibility index (Phi) is 4.46. The quantitative estimate of drug-likeness (QED) is 0.825. The predicted octanol–water partition coefficient (Wildman–Crippen LogP) is 4.03. The SMILES string of the molecule is c1ccc(CCN2CCN(c3c4c(cc5c3CCC5)CCC4)CC2)cc1. The van der Waals surface area contributed by atoms with E-state index in [4.69, 9.17) is 0 Å². The number of aryl methyl sites for hydroxylation is 2. The van der Waals surface area contributed by atoms with Crippen molar-refractivity contribution in [3.8, 4) is 0 Å². The van der Waals surface area contributed by atoms with E-state index in [-0.39, 0.29) is 0 Å². The van der Waals surface area contributed by atoms with Crippen LogP contribution >= 0.6 is 0 Å². The molecule has 2 heteroatoms. The molecule has 0 unspecified atom stereocenters. The molecule has 0 amide bonds. The molecule has 0 radical (unpaired) electrons. The Balaban J connectivity index is 1.28. The van der Waals surface area contributed by atoms with Gasteiger partial charge < -0.3 is 4.90 Å². The largest absolute Gasteiger partial charge is 0.369 e. The van der Waals surface area contributed by atoms with Crippen LogP contribution < -0.4 is 4.90 Å².